The first-order valence-corrected chi connectivity index (χ1v) is 10.5. The Balaban J connectivity index is 1.44. The highest BCUT2D eigenvalue weighted by Gasteiger charge is 2.69. The maximum atomic E-state index is 13.6. The van der Waals surface area contributed by atoms with E-state index in [0.717, 1.165) is 28.6 Å². The SMILES string of the molecule is COc1cc2cc(C(=O)N3CC4CC45C(=O)c4ccccc4C=C35)[nH]c2c(OC)c1OC. The molecule has 6 rings (SSSR count). The van der Waals surface area contributed by atoms with Gasteiger partial charge in [0, 0.05) is 23.2 Å². The number of amides is 1. The first-order valence-electron chi connectivity index (χ1n) is 10.5. The third-order valence-electron chi connectivity index (χ3n) is 7.05. The number of aromatic amines is 1. The molecule has 0 radical (unpaired) electrons. The molecule has 1 saturated carbocycles. The van der Waals surface area contributed by atoms with Crippen molar-refractivity contribution in [3.63, 3.8) is 0 Å². The van der Waals surface area contributed by atoms with Crippen LogP contribution >= 0.6 is 0 Å². The van der Waals surface area contributed by atoms with Gasteiger partial charge in [0.25, 0.3) is 5.91 Å². The number of carbonyl (C=O) groups excluding carboxylic acids is 2. The van der Waals surface area contributed by atoms with E-state index in [9.17, 15) is 9.59 Å². The number of rotatable bonds is 4. The molecule has 2 aromatic carbocycles. The summed E-state index contributed by atoms with van der Waals surface area (Å²) in [5, 5.41) is 0.779. The number of ketones is 1. The fourth-order valence-corrected chi connectivity index (χ4v) is 5.44. The van der Waals surface area contributed by atoms with Gasteiger partial charge in [-0.05, 0) is 36.1 Å². The van der Waals surface area contributed by atoms with E-state index in [1.165, 1.54) is 0 Å². The number of methoxy groups -OCH3 is 3. The molecule has 0 bridgehead atoms. The zero-order valence-electron chi connectivity index (χ0n) is 18.0. The minimum atomic E-state index is -0.542. The Hall–Kier alpha value is -3.74. The van der Waals surface area contributed by atoms with Gasteiger partial charge in [0.2, 0.25) is 5.75 Å². The second-order valence-corrected chi connectivity index (χ2v) is 8.53. The average Bonchev–Trinajstić information content (AvgIpc) is 3.20. The zero-order valence-corrected chi connectivity index (χ0v) is 18.0. The van der Waals surface area contributed by atoms with Crippen LogP contribution < -0.4 is 14.2 Å². The monoisotopic (exact) mass is 430 g/mol. The third-order valence-corrected chi connectivity index (χ3v) is 7.05. The van der Waals surface area contributed by atoms with E-state index in [-0.39, 0.29) is 17.6 Å². The van der Waals surface area contributed by atoms with E-state index >= 15 is 0 Å². The van der Waals surface area contributed by atoms with E-state index in [2.05, 4.69) is 4.98 Å². The summed E-state index contributed by atoms with van der Waals surface area (Å²) in [6.07, 6.45) is 2.82. The van der Waals surface area contributed by atoms with Crippen LogP contribution in [0.5, 0.6) is 17.2 Å². The van der Waals surface area contributed by atoms with Crippen LogP contribution in [0, 0.1) is 11.3 Å². The average molecular weight is 430 g/mol. The largest absolute Gasteiger partial charge is 0.493 e. The predicted molar refractivity (Wildman–Crippen MR) is 118 cm³/mol. The number of hydrogen-bond acceptors (Lipinski definition) is 5. The van der Waals surface area contributed by atoms with Crippen molar-refractivity contribution in [1.82, 2.24) is 9.88 Å². The van der Waals surface area contributed by atoms with Crippen LogP contribution in [0.2, 0.25) is 0 Å². The van der Waals surface area contributed by atoms with Gasteiger partial charge in [0.15, 0.2) is 17.3 Å². The number of aromatic nitrogens is 1. The van der Waals surface area contributed by atoms with E-state index in [1.807, 2.05) is 36.4 Å². The summed E-state index contributed by atoms with van der Waals surface area (Å²) in [4.78, 5) is 31.9. The van der Waals surface area contributed by atoms with Gasteiger partial charge in [-0.15, -0.1) is 0 Å². The minimum absolute atomic E-state index is 0.138. The zero-order chi connectivity index (χ0) is 22.2. The Morgan fingerprint density at radius 3 is 2.62 bits per heavy atom. The second-order valence-electron chi connectivity index (χ2n) is 8.53. The number of Topliss-reactive ketones (excluding diaryl/α,β-unsaturated/α-hetero) is 1. The van der Waals surface area contributed by atoms with Gasteiger partial charge in [-0.3, -0.25) is 9.59 Å². The number of H-pyrrole nitrogens is 1. The summed E-state index contributed by atoms with van der Waals surface area (Å²) in [5.41, 5.74) is 2.99. The number of allylic oxidation sites excluding steroid dienone is 1. The molecule has 3 aromatic rings. The number of carbonyl (C=O) groups is 2. The fourth-order valence-electron chi connectivity index (χ4n) is 5.44. The summed E-state index contributed by atoms with van der Waals surface area (Å²) >= 11 is 0. The van der Waals surface area contributed by atoms with Crippen LogP contribution in [0.15, 0.2) is 42.1 Å². The Kier molecular flexibility index (Phi) is 3.79. The van der Waals surface area contributed by atoms with Crippen LogP contribution in [0.25, 0.3) is 17.0 Å². The van der Waals surface area contributed by atoms with Crippen molar-refractivity contribution in [2.75, 3.05) is 27.9 Å². The highest BCUT2D eigenvalue weighted by molar-refractivity contribution is 6.12. The lowest BCUT2D eigenvalue weighted by Crippen LogP contribution is -2.34. The molecule has 2 aliphatic carbocycles. The molecular formula is C25H22N2O5. The summed E-state index contributed by atoms with van der Waals surface area (Å²) in [6, 6.07) is 11.2. The van der Waals surface area contributed by atoms with Crippen LogP contribution in [-0.2, 0) is 0 Å². The maximum absolute atomic E-state index is 13.6. The molecule has 2 unspecified atom stereocenters. The topological polar surface area (TPSA) is 80.9 Å². The highest BCUT2D eigenvalue weighted by atomic mass is 16.5. The predicted octanol–water partition coefficient (Wildman–Crippen LogP) is 3.89. The molecule has 1 spiro atoms. The molecule has 3 aliphatic rings. The van der Waals surface area contributed by atoms with Crippen LogP contribution in [0.3, 0.4) is 0 Å². The number of likely N-dealkylation sites (tertiary alicyclic amines) is 1. The third kappa shape index (κ3) is 2.25. The second kappa shape index (κ2) is 6.38. The number of nitrogens with zero attached hydrogens (tertiary/aromatic N) is 1. The van der Waals surface area contributed by atoms with Gasteiger partial charge >= 0.3 is 0 Å². The molecule has 1 aliphatic heterocycles. The summed E-state index contributed by atoms with van der Waals surface area (Å²) in [5.74, 6) is 1.61. The van der Waals surface area contributed by atoms with Gasteiger partial charge in [-0.25, -0.2) is 0 Å². The molecule has 1 amide bonds. The quantitative estimate of drug-likeness (QED) is 0.679. The molecule has 7 heteroatoms. The van der Waals surface area contributed by atoms with Gasteiger partial charge in [0.05, 0.1) is 32.3 Å². The number of nitrogens with one attached hydrogen (secondary N) is 1. The van der Waals surface area contributed by atoms with E-state index < -0.39 is 5.41 Å². The number of hydrogen-bond donors (Lipinski definition) is 1. The Labute approximate surface area is 184 Å². The highest BCUT2D eigenvalue weighted by Crippen LogP contribution is 2.67. The van der Waals surface area contributed by atoms with E-state index in [1.54, 1.807) is 32.3 Å². The molecule has 1 saturated heterocycles. The molecule has 1 N–H and O–H groups in total. The number of fused-ring (bicyclic) bond motifs is 2. The Bertz CT molecular complexity index is 1350. The van der Waals surface area contributed by atoms with E-state index in [4.69, 9.17) is 14.2 Å². The number of ether oxygens (including phenoxy) is 3. The molecule has 2 atom stereocenters. The van der Waals surface area contributed by atoms with Crippen LogP contribution in [0.1, 0.15) is 32.8 Å². The van der Waals surface area contributed by atoms with Gasteiger partial charge in [-0.2, -0.15) is 0 Å². The number of piperidine rings is 1. The smallest absolute Gasteiger partial charge is 0.274 e. The minimum Gasteiger partial charge on any atom is -0.493 e. The summed E-state index contributed by atoms with van der Waals surface area (Å²) in [7, 11) is 4.65. The first kappa shape index (κ1) is 19.0. The standard InChI is InChI=1S/C25H22N2O5/c1-30-18-9-14-8-17(26-20(14)22(32-3)21(18)31-2)24(29)27-12-15-11-25(15)19(27)10-13-6-4-5-7-16(13)23(25)28/h4-10,15,26H,11-12H2,1-3H3. The van der Waals surface area contributed by atoms with Crippen LogP contribution in [0.4, 0.5) is 0 Å². The lowest BCUT2D eigenvalue weighted by Gasteiger charge is -2.28. The van der Waals surface area contributed by atoms with Crippen molar-refractivity contribution in [1.29, 1.82) is 0 Å². The summed E-state index contributed by atoms with van der Waals surface area (Å²) in [6.45, 7) is 0.545. The molecule has 2 fully saturated rings. The molecular weight excluding hydrogens is 408 g/mol. The first-order chi connectivity index (χ1) is 15.5. The molecule has 32 heavy (non-hydrogen) atoms. The van der Waals surface area contributed by atoms with E-state index in [0.29, 0.717) is 35.0 Å². The van der Waals surface area contributed by atoms with Crippen molar-refractivity contribution in [2.45, 2.75) is 6.42 Å². The number of benzene rings is 2. The molecule has 7 nitrogen and oxygen atoms in total. The Morgan fingerprint density at radius 2 is 1.88 bits per heavy atom. The fraction of sp³-hybridized carbons (Fsp3) is 0.280. The van der Waals surface area contributed by atoms with Gasteiger partial charge < -0.3 is 24.1 Å². The molecule has 162 valence electrons. The van der Waals surface area contributed by atoms with Crippen molar-refractivity contribution in [3.05, 3.63) is 58.9 Å². The summed E-state index contributed by atoms with van der Waals surface area (Å²) < 4.78 is 16.4. The lowest BCUT2D eigenvalue weighted by atomic mass is 9.83. The molecule has 2 heterocycles. The molecule has 1 aromatic heterocycles. The maximum Gasteiger partial charge on any atom is 0.274 e. The van der Waals surface area contributed by atoms with Gasteiger partial charge in [-0.1, -0.05) is 24.3 Å². The van der Waals surface area contributed by atoms with Crippen molar-refractivity contribution in [3.8, 4) is 17.2 Å². The van der Waals surface area contributed by atoms with Crippen molar-refractivity contribution < 1.29 is 23.8 Å². The van der Waals surface area contributed by atoms with Crippen LogP contribution in [-0.4, -0.2) is 49.4 Å². The van der Waals surface area contributed by atoms with Gasteiger partial charge in [0.1, 0.15) is 5.69 Å². The normalized spacial score (nSPS) is 22.7. The van der Waals surface area contributed by atoms with Crippen molar-refractivity contribution in [2.24, 2.45) is 11.3 Å². The Morgan fingerprint density at radius 1 is 1.09 bits per heavy atom. The van der Waals surface area contributed by atoms with Crippen molar-refractivity contribution >= 4 is 28.7 Å². The lowest BCUT2D eigenvalue weighted by molar-refractivity contribution is 0.0799.